The maximum absolute atomic E-state index is 5.91. The second kappa shape index (κ2) is 6.46. The van der Waals surface area contributed by atoms with Crippen LogP contribution < -0.4 is 4.74 Å². The SMILES string of the molecule is CCCCOc1ccccc1-c1ccc(Cl)cc1. The zero-order chi connectivity index (χ0) is 12.8. The number of para-hydroxylation sites is 1. The Labute approximate surface area is 113 Å². The van der Waals surface area contributed by atoms with Gasteiger partial charge in [0.1, 0.15) is 5.75 Å². The minimum absolute atomic E-state index is 0.753. The maximum Gasteiger partial charge on any atom is 0.127 e. The molecule has 94 valence electrons. The van der Waals surface area contributed by atoms with E-state index in [1.165, 1.54) is 0 Å². The van der Waals surface area contributed by atoms with E-state index in [0.29, 0.717) is 0 Å². The van der Waals surface area contributed by atoms with E-state index < -0.39 is 0 Å². The summed E-state index contributed by atoms with van der Waals surface area (Å²) in [6, 6.07) is 16.0. The van der Waals surface area contributed by atoms with Crippen LogP contribution in [0.1, 0.15) is 19.8 Å². The van der Waals surface area contributed by atoms with Gasteiger partial charge in [-0.25, -0.2) is 0 Å². The molecule has 18 heavy (non-hydrogen) atoms. The Morgan fingerprint density at radius 3 is 2.44 bits per heavy atom. The van der Waals surface area contributed by atoms with Crippen molar-refractivity contribution < 1.29 is 4.74 Å². The normalized spacial score (nSPS) is 10.3. The van der Waals surface area contributed by atoms with Gasteiger partial charge in [0.25, 0.3) is 0 Å². The number of hydrogen-bond acceptors (Lipinski definition) is 1. The lowest BCUT2D eigenvalue weighted by atomic mass is 10.0. The Hall–Kier alpha value is -1.47. The molecule has 0 aliphatic carbocycles. The van der Waals surface area contributed by atoms with Gasteiger partial charge in [-0.15, -0.1) is 0 Å². The Bertz CT molecular complexity index is 491. The standard InChI is InChI=1S/C16H17ClO/c1-2-3-12-18-16-7-5-4-6-15(16)13-8-10-14(17)11-9-13/h4-11H,2-3,12H2,1H3. The van der Waals surface area contributed by atoms with E-state index in [1.807, 2.05) is 42.5 Å². The lowest BCUT2D eigenvalue weighted by Gasteiger charge is -2.11. The first-order valence-corrected chi connectivity index (χ1v) is 6.67. The van der Waals surface area contributed by atoms with Gasteiger partial charge < -0.3 is 4.74 Å². The summed E-state index contributed by atoms with van der Waals surface area (Å²) in [6.45, 7) is 2.93. The molecule has 0 heterocycles. The van der Waals surface area contributed by atoms with Crippen LogP contribution in [0.4, 0.5) is 0 Å². The number of unbranched alkanes of at least 4 members (excludes halogenated alkanes) is 1. The molecule has 0 aromatic heterocycles. The molecular formula is C16H17ClO. The number of halogens is 1. The predicted octanol–water partition coefficient (Wildman–Crippen LogP) is 5.19. The second-order valence-corrected chi connectivity index (χ2v) is 4.64. The molecule has 0 atom stereocenters. The monoisotopic (exact) mass is 260 g/mol. The fourth-order valence-electron chi connectivity index (χ4n) is 1.79. The van der Waals surface area contributed by atoms with E-state index in [4.69, 9.17) is 16.3 Å². The van der Waals surface area contributed by atoms with Crippen molar-refractivity contribution in [1.82, 2.24) is 0 Å². The average molecular weight is 261 g/mol. The van der Waals surface area contributed by atoms with Crippen LogP contribution in [0.25, 0.3) is 11.1 Å². The van der Waals surface area contributed by atoms with Crippen molar-refractivity contribution in [3.05, 3.63) is 53.6 Å². The summed E-state index contributed by atoms with van der Waals surface area (Å²) in [5, 5.41) is 0.753. The molecule has 1 nitrogen and oxygen atoms in total. The third-order valence-corrected chi connectivity index (χ3v) is 3.05. The third-order valence-electron chi connectivity index (χ3n) is 2.80. The molecule has 0 bridgehead atoms. The molecule has 0 aliphatic rings. The summed E-state index contributed by atoms with van der Waals surface area (Å²) in [5.74, 6) is 0.938. The third kappa shape index (κ3) is 3.27. The lowest BCUT2D eigenvalue weighted by Crippen LogP contribution is -1.97. The van der Waals surface area contributed by atoms with Gasteiger partial charge in [-0.3, -0.25) is 0 Å². The van der Waals surface area contributed by atoms with Gasteiger partial charge in [-0.1, -0.05) is 55.3 Å². The van der Waals surface area contributed by atoms with Gasteiger partial charge in [-0.2, -0.15) is 0 Å². The molecule has 2 aromatic rings. The van der Waals surface area contributed by atoms with Crippen LogP contribution in [-0.2, 0) is 0 Å². The van der Waals surface area contributed by atoms with Crippen LogP contribution in [0.3, 0.4) is 0 Å². The Balaban J connectivity index is 2.23. The summed E-state index contributed by atoms with van der Waals surface area (Å²) in [5.41, 5.74) is 2.25. The highest BCUT2D eigenvalue weighted by atomic mass is 35.5. The Morgan fingerprint density at radius 1 is 1.00 bits per heavy atom. The zero-order valence-corrected chi connectivity index (χ0v) is 11.3. The molecule has 0 fully saturated rings. The fourth-order valence-corrected chi connectivity index (χ4v) is 1.91. The topological polar surface area (TPSA) is 9.23 Å². The van der Waals surface area contributed by atoms with Crippen LogP contribution in [0.5, 0.6) is 5.75 Å². The van der Waals surface area contributed by atoms with Crippen molar-refractivity contribution in [2.75, 3.05) is 6.61 Å². The van der Waals surface area contributed by atoms with Gasteiger partial charge in [0.05, 0.1) is 6.61 Å². The summed E-state index contributed by atoms with van der Waals surface area (Å²) < 4.78 is 5.83. The number of benzene rings is 2. The molecule has 0 aliphatic heterocycles. The van der Waals surface area contributed by atoms with Crippen molar-refractivity contribution in [3.8, 4) is 16.9 Å². The molecule has 0 saturated carbocycles. The van der Waals surface area contributed by atoms with E-state index >= 15 is 0 Å². The molecule has 0 radical (unpaired) electrons. The van der Waals surface area contributed by atoms with Gasteiger partial charge in [-0.05, 0) is 30.2 Å². The van der Waals surface area contributed by atoms with Crippen molar-refractivity contribution in [3.63, 3.8) is 0 Å². The summed E-state index contributed by atoms with van der Waals surface area (Å²) in [6.07, 6.45) is 2.22. The molecule has 0 N–H and O–H groups in total. The van der Waals surface area contributed by atoms with E-state index in [0.717, 1.165) is 41.3 Å². The maximum atomic E-state index is 5.91. The minimum Gasteiger partial charge on any atom is -0.493 e. The number of hydrogen-bond donors (Lipinski definition) is 0. The van der Waals surface area contributed by atoms with Gasteiger partial charge >= 0.3 is 0 Å². The van der Waals surface area contributed by atoms with Gasteiger partial charge in [0, 0.05) is 10.6 Å². The highest BCUT2D eigenvalue weighted by Crippen LogP contribution is 2.30. The quantitative estimate of drug-likeness (QED) is 0.673. The molecule has 0 unspecified atom stereocenters. The fraction of sp³-hybridized carbons (Fsp3) is 0.250. The molecule has 2 aromatic carbocycles. The van der Waals surface area contributed by atoms with Gasteiger partial charge in [0.15, 0.2) is 0 Å². The van der Waals surface area contributed by atoms with Crippen molar-refractivity contribution >= 4 is 11.6 Å². The Morgan fingerprint density at radius 2 is 1.72 bits per heavy atom. The molecule has 2 rings (SSSR count). The number of ether oxygens (including phenoxy) is 1. The first-order valence-electron chi connectivity index (χ1n) is 6.29. The van der Waals surface area contributed by atoms with Crippen LogP contribution in [0.2, 0.25) is 5.02 Å². The lowest BCUT2D eigenvalue weighted by molar-refractivity contribution is 0.310. The van der Waals surface area contributed by atoms with Gasteiger partial charge in [0.2, 0.25) is 0 Å². The molecule has 0 amide bonds. The first kappa shape index (κ1) is 13.0. The molecule has 2 heteroatoms. The Kier molecular flexibility index (Phi) is 4.66. The highest BCUT2D eigenvalue weighted by molar-refractivity contribution is 6.30. The largest absolute Gasteiger partial charge is 0.493 e. The van der Waals surface area contributed by atoms with Crippen molar-refractivity contribution in [1.29, 1.82) is 0 Å². The smallest absolute Gasteiger partial charge is 0.127 e. The molecule has 0 saturated heterocycles. The van der Waals surface area contributed by atoms with Crippen LogP contribution in [0.15, 0.2) is 48.5 Å². The van der Waals surface area contributed by atoms with E-state index in [-0.39, 0.29) is 0 Å². The second-order valence-electron chi connectivity index (χ2n) is 4.21. The summed E-state index contributed by atoms with van der Waals surface area (Å²) in [4.78, 5) is 0. The van der Waals surface area contributed by atoms with E-state index in [9.17, 15) is 0 Å². The average Bonchev–Trinajstić information content (AvgIpc) is 2.41. The van der Waals surface area contributed by atoms with Crippen LogP contribution in [-0.4, -0.2) is 6.61 Å². The minimum atomic E-state index is 0.753. The van der Waals surface area contributed by atoms with E-state index in [2.05, 4.69) is 13.0 Å². The summed E-state index contributed by atoms with van der Waals surface area (Å²) >= 11 is 5.91. The van der Waals surface area contributed by atoms with E-state index in [1.54, 1.807) is 0 Å². The molecule has 0 spiro atoms. The summed E-state index contributed by atoms with van der Waals surface area (Å²) in [7, 11) is 0. The zero-order valence-electron chi connectivity index (χ0n) is 10.5. The first-order chi connectivity index (χ1) is 8.81. The van der Waals surface area contributed by atoms with Crippen molar-refractivity contribution in [2.24, 2.45) is 0 Å². The van der Waals surface area contributed by atoms with Crippen LogP contribution >= 0.6 is 11.6 Å². The van der Waals surface area contributed by atoms with Crippen LogP contribution in [0, 0.1) is 0 Å². The predicted molar refractivity (Wildman–Crippen MR) is 77.3 cm³/mol. The number of rotatable bonds is 5. The van der Waals surface area contributed by atoms with Crippen molar-refractivity contribution in [2.45, 2.75) is 19.8 Å². The highest BCUT2D eigenvalue weighted by Gasteiger charge is 2.05. The molecular weight excluding hydrogens is 244 g/mol.